The van der Waals surface area contributed by atoms with Crippen LogP contribution >= 0.6 is 0 Å². The second kappa shape index (κ2) is 9.08. The Morgan fingerprint density at radius 3 is 2.39 bits per heavy atom. The largest absolute Gasteiger partial charge is 0.508 e. The third-order valence-electron chi connectivity index (χ3n) is 2.50. The number of nitrogens with two attached hydrogens (primary N) is 1. The fourth-order valence-corrected chi connectivity index (χ4v) is 1.48. The zero-order valence-electron chi connectivity index (χ0n) is 12.9. The van der Waals surface area contributed by atoms with Crippen molar-refractivity contribution in [1.82, 2.24) is 0 Å². The van der Waals surface area contributed by atoms with Crippen molar-refractivity contribution < 1.29 is 24.5 Å². The van der Waals surface area contributed by atoms with Gasteiger partial charge in [-0.2, -0.15) is 5.10 Å². The highest BCUT2D eigenvalue weighted by atomic mass is 16.6. The SMILES string of the molecule is CCOC(=O)C(C(N)=N/N=C\c1ccc(O)cc1)=C(O)OCC. The number of rotatable bonds is 7. The summed E-state index contributed by atoms with van der Waals surface area (Å²) in [4.78, 5) is 11.8. The number of nitrogens with zero attached hydrogens (tertiary/aromatic N) is 2. The molecule has 4 N–H and O–H groups in total. The molecule has 0 aliphatic heterocycles. The number of hydrogen-bond donors (Lipinski definition) is 3. The summed E-state index contributed by atoms with van der Waals surface area (Å²) in [5.41, 5.74) is 5.94. The first-order valence-electron chi connectivity index (χ1n) is 6.88. The molecule has 8 heteroatoms. The van der Waals surface area contributed by atoms with Crippen LogP contribution in [-0.2, 0) is 14.3 Å². The first-order chi connectivity index (χ1) is 11.0. The predicted molar refractivity (Wildman–Crippen MR) is 85.2 cm³/mol. The van der Waals surface area contributed by atoms with Gasteiger partial charge in [-0.3, -0.25) is 0 Å². The molecule has 0 fully saturated rings. The molecule has 8 nitrogen and oxygen atoms in total. The molecular formula is C15H19N3O5. The van der Waals surface area contributed by atoms with E-state index in [0.717, 1.165) is 0 Å². The van der Waals surface area contributed by atoms with Crippen molar-refractivity contribution in [2.24, 2.45) is 15.9 Å². The van der Waals surface area contributed by atoms with E-state index in [1.807, 2.05) is 0 Å². The van der Waals surface area contributed by atoms with Crippen LogP contribution in [0.25, 0.3) is 0 Å². The maximum Gasteiger partial charge on any atom is 0.349 e. The van der Waals surface area contributed by atoms with Gasteiger partial charge in [-0.15, -0.1) is 5.10 Å². The third kappa shape index (κ3) is 5.70. The smallest absolute Gasteiger partial charge is 0.349 e. The van der Waals surface area contributed by atoms with Crippen molar-refractivity contribution in [1.29, 1.82) is 0 Å². The Bertz CT molecular complexity index is 621. The number of amidine groups is 1. The van der Waals surface area contributed by atoms with Crippen LogP contribution in [0.15, 0.2) is 46.0 Å². The lowest BCUT2D eigenvalue weighted by atomic mass is 10.2. The molecule has 0 amide bonds. The Kier molecular flexibility index (Phi) is 7.12. The van der Waals surface area contributed by atoms with Gasteiger partial charge in [-0.1, -0.05) is 0 Å². The van der Waals surface area contributed by atoms with Gasteiger partial charge in [0.25, 0.3) is 5.95 Å². The van der Waals surface area contributed by atoms with Crippen LogP contribution in [0.3, 0.4) is 0 Å². The normalized spacial score (nSPS) is 12.9. The van der Waals surface area contributed by atoms with Gasteiger partial charge in [0.2, 0.25) is 0 Å². The van der Waals surface area contributed by atoms with Crippen molar-refractivity contribution in [2.45, 2.75) is 13.8 Å². The Labute approximate surface area is 133 Å². The van der Waals surface area contributed by atoms with Gasteiger partial charge in [-0.25, -0.2) is 4.79 Å². The molecule has 0 radical (unpaired) electrons. The highest BCUT2D eigenvalue weighted by Crippen LogP contribution is 2.09. The zero-order valence-corrected chi connectivity index (χ0v) is 12.9. The topological polar surface area (TPSA) is 127 Å². The summed E-state index contributed by atoms with van der Waals surface area (Å²) < 4.78 is 9.66. The number of benzene rings is 1. The van der Waals surface area contributed by atoms with Crippen molar-refractivity contribution in [3.05, 3.63) is 41.3 Å². The van der Waals surface area contributed by atoms with E-state index in [1.165, 1.54) is 18.3 Å². The van der Waals surface area contributed by atoms with Crippen molar-refractivity contribution in [3.8, 4) is 5.75 Å². The summed E-state index contributed by atoms with van der Waals surface area (Å²) >= 11 is 0. The van der Waals surface area contributed by atoms with Crippen LogP contribution in [-0.4, -0.2) is 41.4 Å². The van der Waals surface area contributed by atoms with Crippen LogP contribution in [0.2, 0.25) is 0 Å². The van der Waals surface area contributed by atoms with Crippen LogP contribution in [0.4, 0.5) is 0 Å². The molecule has 23 heavy (non-hydrogen) atoms. The number of esters is 1. The first-order valence-corrected chi connectivity index (χ1v) is 6.88. The minimum absolute atomic E-state index is 0.103. The fourth-order valence-electron chi connectivity index (χ4n) is 1.48. The number of aliphatic hydroxyl groups is 1. The summed E-state index contributed by atoms with van der Waals surface area (Å²) in [7, 11) is 0. The third-order valence-corrected chi connectivity index (χ3v) is 2.50. The molecule has 124 valence electrons. The number of aliphatic hydroxyl groups excluding tert-OH is 1. The molecule has 0 spiro atoms. The van der Waals surface area contributed by atoms with Crippen molar-refractivity contribution in [3.63, 3.8) is 0 Å². The highest BCUT2D eigenvalue weighted by molar-refractivity contribution is 6.18. The number of phenolic OH excluding ortho intramolecular Hbond substituents is 1. The van der Waals surface area contributed by atoms with Crippen LogP contribution in [0, 0.1) is 0 Å². The monoisotopic (exact) mass is 321 g/mol. The van der Waals surface area contributed by atoms with Gasteiger partial charge < -0.3 is 25.4 Å². The molecule has 0 heterocycles. The van der Waals surface area contributed by atoms with Gasteiger partial charge in [0.1, 0.15) is 5.75 Å². The number of carbonyl (C=O) groups is 1. The molecule has 0 aliphatic carbocycles. The minimum atomic E-state index is -0.862. The lowest BCUT2D eigenvalue weighted by Crippen LogP contribution is -2.25. The van der Waals surface area contributed by atoms with E-state index in [4.69, 9.17) is 15.2 Å². The average molecular weight is 321 g/mol. The summed E-state index contributed by atoms with van der Waals surface area (Å²) in [6.45, 7) is 3.49. The number of hydrogen-bond acceptors (Lipinski definition) is 7. The second-order valence-electron chi connectivity index (χ2n) is 4.15. The maximum absolute atomic E-state index is 11.8. The summed E-state index contributed by atoms with van der Waals surface area (Å²) in [6.07, 6.45) is 1.37. The minimum Gasteiger partial charge on any atom is -0.508 e. The molecule has 1 aromatic carbocycles. The standard InChI is InChI=1S/C15H19N3O5/c1-3-22-14(20)12(15(21)23-4-2)13(16)18-17-9-10-5-7-11(19)8-6-10/h5-9,19-20H,3-4H2,1-2H3,(H2,16,18)/b14-12?,17-9-. The van der Waals surface area contributed by atoms with Crippen LogP contribution < -0.4 is 5.73 Å². The molecule has 0 aliphatic rings. The van der Waals surface area contributed by atoms with E-state index in [1.54, 1.807) is 26.0 Å². The zero-order chi connectivity index (χ0) is 17.2. The molecule has 0 unspecified atom stereocenters. The Morgan fingerprint density at radius 1 is 1.22 bits per heavy atom. The van der Waals surface area contributed by atoms with E-state index in [9.17, 15) is 15.0 Å². The van der Waals surface area contributed by atoms with E-state index in [2.05, 4.69) is 10.2 Å². The summed E-state index contributed by atoms with van der Waals surface area (Å²) in [6, 6.07) is 6.20. The van der Waals surface area contributed by atoms with E-state index >= 15 is 0 Å². The molecule has 0 aromatic heterocycles. The average Bonchev–Trinajstić information content (AvgIpc) is 2.50. The molecule has 1 aromatic rings. The van der Waals surface area contributed by atoms with Gasteiger partial charge in [0.05, 0.1) is 19.4 Å². The first kappa shape index (κ1) is 18.0. The van der Waals surface area contributed by atoms with Gasteiger partial charge in [0.15, 0.2) is 11.4 Å². The van der Waals surface area contributed by atoms with Gasteiger partial charge in [-0.05, 0) is 43.7 Å². The van der Waals surface area contributed by atoms with E-state index < -0.39 is 17.5 Å². The fraction of sp³-hybridized carbons (Fsp3) is 0.267. The van der Waals surface area contributed by atoms with Crippen LogP contribution in [0.5, 0.6) is 5.75 Å². The Balaban J connectivity index is 2.99. The second-order valence-corrected chi connectivity index (χ2v) is 4.15. The molecule has 1 rings (SSSR count). The number of carbonyl (C=O) groups excluding carboxylic acids is 1. The van der Waals surface area contributed by atoms with E-state index in [0.29, 0.717) is 5.56 Å². The highest BCUT2D eigenvalue weighted by Gasteiger charge is 2.22. The molecule has 0 atom stereocenters. The quantitative estimate of drug-likeness (QED) is 0.174. The lowest BCUT2D eigenvalue weighted by Gasteiger charge is -2.08. The molecule has 0 bridgehead atoms. The maximum atomic E-state index is 11.8. The number of ether oxygens (including phenoxy) is 2. The number of phenols is 1. The van der Waals surface area contributed by atoms with E-state index in [-0.39, 0.29) is 24.8 Å². The van der Waals surface area contributed by atoms with Gasteiger partial charge >= 0.3 is 5.97 Å². The molecule has 0 saturated heterocycles. The molecular weight excluding hydrogens is 302 g/mol. The van der Waals surface area contributed by atoms with Crippen molar-refractivity contribution >= 4 is 18.0 Å². The van der Waals surface area contributed by atoms with Gasteiger partial charge in [0, 0.05) is 0 Å². The number of aromatic hydroxyl groups is 1. The Morgan fingerprint density at radius 2 is 1.83 bits per heavy atom. The van der Waals surface area contributed by atoms with Crippen molar-refractivity contribution in [2.75, 3.05) is 13.2 Å². The predicted octanol–water partition coefficient (Wildman–Crippen LogP) is 1.45. The summed E-state index contributed by atoms with van der Waals surface area (Å²) in [5.74, 6) is -1.75. The summed E-state index contributed by atoms with van der Waals surface area (Å²) in [5, 5.41) is 26.3. The van der Waals surface area contributed by atoms with Crippen LogP contribution in [0.1, 0.15) is 19.4 Å². The molecule has 0 saturated carbocycles. The Hall–Kier alpha value is -3.03. The lowest BCUT2D eigenvalue weighted by molar-refractivity contribution is -0.138.